The smallest absolute Gasteiger partial charge is 0.335 e. The Morgan fingerprint density at radius 2 is 1.19 bits per heavy atom. The number of amides is 1. The van der Waals surface area contributed by atoms with Crippen molar-refractivity contribution in [3.05, 3.63) is 11.6 Å². The van der Waals surface area contributed by atoms with Crippen LogP contribution >= 0.6 is 0 Å². The van der Waals surface area contributed by atoms with Crippen LogP contribution in [-0.4, -0.2) is 328 Å². The molecular weight excluding hydrogens is 1400 g/mol. The molecule has 0 aromatic rings. The fraction of sp³-hybridized carbons (Fsp3) is 0.914. The molecule has 5 saturated carbocycles. The number of carbonyl (C=O) groups is 4. The molecule has 6 aliphatic heterocycles. The molecule has 35 heteroatoms. The number of esters is 1. The Morgan fingerprint density at radius 1 is 0.600 bits per heavy atom. The number of carboxylic acid groups (broad SMARTS) is 1. The summed E-state index contributed by atoms with van der Waals surface area (Å²) in [5.74, 6) is -4.55. The second kappa shape index (κ2) is 30.3. The van der Waals surface area contributed by atoms with E-state index < -0.39 is 278 Å². The fourth-order valence-corrected chi connectivity index (χ4v) is 21.2. The van der Waals surface area contributed by atoms with Crippen LogP contribution in [0.5, 0.6) is 0 Å². The van der Waals surface area contributed by atoms with Crippen LogP contribution in [0.15, 0.2) is 11.6 Å². The second-order valence-corrected chi connectivity index (χ2v) is 33.3. The van der Waals surface area contributed by atoms with Gasteiger partial charge in [-0.05, 0) is 123 Å². The average molecular weight is 1510 g/mol. The van der Waals surface area contributed by atoms with Gasteiger partial charge in [0.25, 0.3) is 0 Å². The normalized spacial score (nSPS) is 52.9. The van der Waals surface area contributed by atoms with Gasteiger partial charge in [-0.15, -0.1) is 0 Å². The van der Waals surface area contributed by atoms with Crippen molar-refractivity contribution >= 4 is 24.1 Å². The lowest BCUT2D eigenvalue weighted by atomic mass is 9.40. The van der Waals surface area contributed by atoms with Gasteiger partial charge in [-0.3, -0.25) is 9.59 Å². The molecule has 6 saturated heterocycles. The summed E-state index contributed by atoms with van der Waals surface area (Å²) in [6, 6.07) is -1.44. The van der Waals surface area contributed by atoms with Crippen LogP contribution in [-0.2, 0) is 76.0 Å². The van der Waals surface area contributed by atoms with Gasteiger partial charge in [0.05, 0.1) is 56.2 Å². The quantitative estimate of drug-likeness (QED) is 0.0158. The van der Waals surface area contributed by atoms with Gasteiger partial charge in [-0.25, -0.2) is 4.79 Å². The van der Waals surface area contributed by atoms with Crippen molar-refractivity contribution in [3.63, 3.8) is 0 Å². The van der Waals surface area contributed by atoms with Crippen LogP contribution in [0.25, 0.3) is 0 Å². The molecule has 6 aliphatic carbocycles. The third kappa shape index (κ3) is 13.3. The van der Waals surface area contributed by atoms with Gasteiger partial charge in [0.1, 0.15) is 122 Å². The molecule has 39 atom stereocenters. The molecule has 105 heavy (non-hydrogen) atoms. The molecule has 0 bridgehead atoms. The number of hydrogen-bond acceptors (Lipinski definition) is 33. The van der Waals surface area contributed by atoms with Gasteiger partial charge in [-0.2, -0.15) is 0 Å². The predicted molar refractivity (Wildman–Crippen MR) is 348 cm³/mol. The molecule has 12 rings (SSSR count). The zero-order chi connectivity index (χ0) is 76.5. The van der Waals surface area contributed by atoms with Crippen molar-refractivity contribution in [2.75, 3.05) is 33.0 Å². The Hall–Kier alpha value is -3.30. The molecule has 12 aliphatic rings. The first kappa shape index (κ1) is 81.2. The largest absolute Gasteiger partial charge is 0.479 e. The highest BCUT2D eigenvalue weighted by Gasteiger charge is 2.91. The van der Waals surface area contributed by atoms with Crippen LogP contribution in [0.4, 0.5) is 0 Å². The van der Waals surface area contributed by atoms with Crippen molar-refractivity contribution in [2.24, 2.45) is 61.4 Å². The molecule has 1 amide bonds. The molecule has 19 unspecified atom stereocenters. The number of unbranched alkanes of at least 4 members (excludes halogenated alkanes) is 2. The van der Waals surface area contributed by atoms with Gasteiger partial charge in [-0.1, -0.05) is 59.6 Å². The summed E-state index contributed by atoms with van der Waals surface area (Å²) in [6.07, 6.45) is -45.0. The van der Waals surface area contributed by atoms with E-state index in [2.05, 4.69) is 46.0 Å². The summed E-state index contributed by atoms with van der Waals surface area (Å²) in [5, 5.41) is 191. The van der Waals surface area contributed by atoms with Crippen LogP contribution in [0, 0.1) is 55.7 Å². The van der Waals surface area contributed by atoms with Crippen molar-refractivity contribution in [1.29, 1.82) is 0 Å². The van der Waals surface area contributed by atoms with Crippen LogP contribution in [0.3, 0.4) is 0 Å². The van der Waals surface area contributed by atoms with E-state index in [9.17, 15) is 101 Å². The number of rotatable bonds is 22. The van der Waals surface area contributed by atoms with Crippen LogP contribution < -0.4 is 11.1 Å². The molecule has 11 fully saturated rings. The van der Waals surface area contributed by atoms with Gasteiger partial charge in [0, 0.05) is 6.42 Å². The maximum Gasteiger partial charge on any atom is 0.335 e. The molecule has 0 aromatic heterocycles. The third-order valence-corrected chi connectivity index (χ3v) is 27.3. The Bertz CT molecular complexity index is 3140. The molecule has 20 N–H and O–H groups in total. The molecule has 0 radical (unpaired) electrons. The summed E-state index contributed by atoms with van der Waals surface area (Å²) in [6.45, 7) is 11.3. The predicted octanol–water partition coefficient (Wildman–Crippen LogP) is -5.59. The highest BCUT2D eigenvalue weighted by molar-refractivity contribution is 5.80. The number of hydrogen-bond donors (Lipinski definition) is 19. The number of fused-ring (bicyclic) bond motifs is 6. The van der Waals surface area contributed by atoms with Crippen LogP contribution in [0.1, 0.15) is 126 Å². The number of aliphatic hydroxyl groups excluding tert-OH is 16. The van der Waals surface area contributed by atoms with Gasteiger partial charge >= 0.3 is 11.9 Å². The summed E-state index contributed by atoms with van der Waals surface area (Å²) in [4.78, 5) is 56.8. The minimum atomic E-state index is -2.22. The first-order valence-corrected chi connectivity index (χ1v) is 36.9. The first-order chi connectivity index (χ1) is 49.4. The molecule has 0 aromatic carbocycles. The van der Waals surface area contributed by atoms with E-state index in [-0.39, 0.29) is 31.6 Å². The number of carboxylic acids is 1. The molecule has 1 spiro atoms. The van der Waals surface area contributed by atoms with E-state index in [4.69, 9.17) is 62.6 Å². The maximum absolute atomic E-state index is 16.0. The number of aliphatic hydroxyl groups is 16. The van der Waals surface area contributed by atoms with Gasteiger partial charge in [0.2, 0.25) is 12.2 Å². The zero-order valence-corrected chi connectivity index (χ0v) is 59.9. The third-order valence-electron chi connectivity index (χ3n) is 27.3. The fourth-order valence-electron chi connectivity index (χ4n) is 21.2. The molecule has 35 nitrogen and oxygen atoms in total. The lowest BCUT2D eigenvalue weighted by Gasteiger charge is -2.64. The highest BCUT2D eigenvalue weighted by Crippen LogP contribution is 2.95. The number of carbonyl (C=O) groups excluding carboxylic acids is 3. The Labute approximate surface area is 606 Å². The van der Waals surface area contributed by atoms with Gasteiger partial charge in [0.15, 0.2) is 43.7 Å². The van der Waals surface area contributed by atoms with Crippen molar-refractivity contribution < 1.29 is 163 Å². The van der Waals surface area contributed by atoms with Crippen molar-refractivity contribution in [3.8, 4) is 0 Å². The topological polar surface area (TPSA) is 561 Å². The van der Waals surface area contributed by atoms with E-state index in [0.717, 1.165) is 11.9 Å². The standard InChI is InChI=1S/C70H110N2O33/c1-27-51(100-57-46(86)40(80)30(76)24-94-57)45(85)49(89)59(96-27)103-54-43(83)39(72-38(79)11-9-8-10-18-71)32(22-73)97-61(54)105-63(93)69-17-16-64(2,3)20-29(69)28-12-15-70-35(68(70,7)67(28,6)21-36(69)78)19-34-65(4,26-75)37(13-14-66(34,70)5)99-62-55(104-60-48(88)44(84)42(82)33(23-74)98-60)52(50(90)53(102-62)56(91)92)101-58-47(87)41(81)31(77)25-95-58/h12,26-27,29-37,39-55,57-62,73-74,76-78,80-90H,8-11,13-25,71H2,1-7H3,(H,72,79)(H,91,92)/t27-,29?,30?,31-,32+,33?,34+,35?,36+,37+,39?,40?,41+,42+,43?,44+,45?,46?,47+,48+,49?,50+,51?,52+,53?,54?,55+,57+,58?,59+,60?,61+,62?,65-,66?,67-,68+,69?,70?/m1/s1. The number of aldehydes is 1. The number of aliphatic carboxylic acids is 1. The SMILES string of the molecule is C[C@H]1O[C@@H](OC2C(O)C(NC(=O)CCCCCN)[C@H](CO)O[C@H]2OC(=O)C23CCC(C)(C)CC2C2=CCC45C(C[C@@H]6C4(C)CC[C@H](OC4OC(C(=O)O)[C@@H](O)[C@H](OC7OC[C@@H](O)[C@H](O)[C@@H]7O)[C@@H]4OC4OC(CO)[C@H](O)[C@H](O)[C@@H]4O)[C@]6(C)C=O)[C@@]5(C)[C@]2(C)C[C@@H]3O)C(O)C(O)C1O[C@@H]1OCC(O)C(O)C1O. The molecule has 598 valence electrons. The van der Waals surface area contributed by atoms with E-state index >= 15 is 4.79 Å². The lowest BCUT2D eigenvalue weighted by Crippen LogP contribution is -2.69. The summed E-state index contributed by atoms with van der Waals surface area (Å²) >= 11 is 0. The highest BCUT2D eigenvalue weighted by atomic mass is 16.8. The van der Waals surface area contributed by atoms with E-state index in [1.807, 2.05) is 0 Å². The van der Waals surface area contributed by atoms with E-state index in [1.54, 1.807) is 6.92 Å². The Balaban J connectivity index is 0.824. The molecule has 6 heterocycles. The minimum Gasteiger partial charge on any atom is -0.479 e. The van der Waals surface area contributed by atoms with E-state index in [1.165, 1.54) is 6.92 Å². The number of nitrogens with one attached hydrogen (secondary N) is 1. The second-order valence-electron chi connectivity index (χ2n) is 33.3. The molecular formula is C70H110N2O33. The Morgan fingerprint density at radius 3 is 1.81 bits per heavy atom. The minimum absolute atomic E-state index is 0.0118. The lowest BCUT2D eigenvalue weighted by molar-refractivity contribution is -0.391. The summed E-state index contributed by atoms with van der Waals surface area (Å²) < 4.78 is 72.8. The summed E-state index contributed by atoms with van der Waals surface area (Å²) in [5.41, 5.74) is 0.300. The van der Waals surface area contributed by atoms with Crippen molar-refractivity contribution in [1.82, 2.24) is 5.32 Å². The monoisotopic (exact) mass is 1510 g/mol. The number of ether oxygens (including phenoxy) is 12. The average Bonchev–Trinajstić information content (AvgIpc) is 1.42. The maximum atomic E-state index is 16.0. The summed E-state index contributed by atoms with van der Waals surface area (Å²) in [7, 11) is 0. The zero-order valence-electron chi connectivity index (χ0n) is 59.9. The van der Waals surface area contributed by atoms with Gasteiger partial charge < -0.3 is 159 Å². The first-order valence-electron chi connectivity index (χ1n) is 36.9. The Kier molecular flexibility index (Phi) is 23.4. The van der Waals surface area contributed by atoms with E-state index in [0.29, 0.717) is 57.9 Å². The van der Waals surface area contributed by atoms with Crippen molar-refractivity contribution in [2.45, 2.75) is 310 Å². The number of allylic oxidation sites excluding steroid dienone is 2. The van der Waals surface area contributed by atoms with Crippen LogP contribution in [0.2, 0.25) is 0 Å². The number of nitrogens with two attached hydrogens (primary N) is 1.